The average molecular weight is 610 g/mol. The van der Waals surface area contributed by atoms with Gasteiger partial charge in [-0.25, -0.2) is 4.79 Å². The zero-order chi connectivity index (χ0) is 31.2. The second-order valence-corrected chi connectivity index (χ2v) is 11.7. The number of carbonyl (C=O) groups excluding carboxylic acids is 1. The Morgan fingerprint density at radius 3 is 2.31 bits per heavy atom. The number of aliphatic hydroxyl groups excluding tert-OH is 2. The van der Waals surface area contributed by atoms with Crippen molar-refractivity contribution < 1.29 is 29.2 Å². The van der Waals surface area contributed by atoms with E-state index >= 15 is 0 Å². The minimum Gasteiger partial charge on any atom is -0.457 e. The number of nitrogens with zero attached hydrogens (tertiary/aromatic N) is 1. The number of hydrogen-bond acceptors (Lipinski definition) is 7. The number of nitrogens with one attached hydrogen (secondary N) is 2. The predicted octanol–water partition coefficient (Wildman–Crippen LogP) is 6.47. The number of anilines is 2. The minimum atomic E-state index is -0.664. The Labute approximate surface area is 263 Å². The number of hydrogen-bond donors (Lipinski definition) is 4. The van der Waals surface area contributed by atoms with Gasteiger partial charge in [0.15, 0.2) is 6.29 Å². The number of β-amino-alcohol motifs (C(OH)–C–C–N with tert-alkyl or cyclic N) is 1. The van der Waals surface area contributed by atoms with Crippen LogP contribution in [0.25, 0.3) is 0 Å². The Bertz CT molecular complexity index is 1550. The molecule has 0 spiro atoms. The normalized spacial score (nSPS) is 23.4. The van der Waals surface area contributed by atoms with Gasteiger partial charge in [0.2, 0.25) is 0 Å². The van der Waals surface area contributed by atoms with Gasteiger partial charge >= 0.3 is 6.03 Å². The molecule has 9 nitrogen and oxygen atoms in total. The van der Waals surface area contributed by atoms with Gasteiger partial charge in [0.25, 0.3) is 0 Å². The highest BCUT2D eigenvalue weighted by molar-refractivity contribution is 5.99. The first-order chi connectivity index (χ1) is 21.9. The van der Waals surface area contributed by atoms with E-state index in [1.165, 1.54) is 0 Å². The molecule has 2 amide bonds. The standard InChI is InChI=1S/C36H39N3O6/c1-24-33(22-39-19-18-30(41)21-39)44-35(45-34(24)26-12-10-25(23-40)11-13-26)27-6-5-7-29(20-27)38-36(42)37-28-14-16-32(17-15-28)43-31-8-3-2-4-9-31/h2-17,20,24,30,33-35,40-41H,18-19,21-23H2,1H3,(H2,37,38,42)/t24-,30-,33+,34+,35+/m0/s1. The fourth-order valence-electron chi connectivity index (χ4n) is 5.85. The van der Waals surface area contributed by atoms with Crippen molar-refractivity contribution in [3.63, 3.8) is 0 Å². The molecule has 0 saturated carbocycles. The summed E-state index contributed by atoms with van der Waals surface area (Å²) < 4.78 is 19.0. The molecule has 2 fully saturated rings. The van der Waals surface area contributed by atoms with Crippen LogP contribution < -0.4 is 15.4 Å². The summed E-state index contributed by atoms with van der Waals surface area (Å²) in [5.74, 6) is 1.45. The van der Waals surface area contributed by atoms with Crippen LogP contribution in [-0.2, 0) is 16.1 Å². The Kier molecular flexibility index (Phi) is 9.73. The average Bonchev–Trinajstić information content (AvgIpc) is 3.47. The van der Waals surface area contributed by atoms with Gasteiger partial charge in [-0.3, -0.25) is 4.90 Å². The van der Waals surface area contributed by atoms with Gasteiger partial charge in [0, 0.05) is 42.5 Å². The van der Waals surface area contributed by atoms with E-state index in [1.807, 2.05) is 78.9 Å². The molecule has 0 bridgehead atoms. The number of para-hydroxylation sites is 1. The minimum absolute atomic E-state index is 0.0195. The van der Waals surface area contributed by atoms with Gasteiger partial charge < -0.3 is 35.1 Å². The van der Waals surface area contributed by atoms with E-state index in [2.05, 4.69) is 22.5 Å². The number of ether oxygens (including phenoxy) is 3. The van der Waals surface area contributed by atoms with Crippen LogP contribution in [0.5, 0.6) is 11.5 Å². The van der Waals surface area contributed by atoms with Gasteiger partial charge in [0.05, 0.1) is 24.9 Å². The zero-order valence-electron chi connectivity index (χ0n) is 25.2. The van der Waals surface area contributed by atoms with E-state index in [9.17, 15) is 15.0 Å². The van der Waals surface area contributed by atoms with Crippen LogP contribution in [0.1, 0.15) is 42.4 Å². The van der Waals surface area contributed by atoms with Gasteiger partial charge in [-0.1, -0.05) is 61.5 Å². The topological polar surface area (TPSA) is 113 Å². The van der Waals surface area contributed by atoms with Crippen molar-refractivity contribution in [2.75, 3.05) is 30.3 Å². The second kappa shape index (κ2) is 14.2. The molecule has 234 valence electrons. The summed E-state index contributed by atoms with van der Waals surface area (Å²) >= 11 is 0. The highest BCUT2D eigenvalue weighted by Crippen LogP contribution is 2.42. The number of amides is 2. The van der Waals surface area contributed by atoms with Crippen molar-refractivity contribution >= 4 is 17.4 Å². The SMILES string of the molecule is C[C@H]1[C@@H](CN2CC[C@H](O)C2)O[C@@H](c2cccc(NC(=O)Nc3ccc(Oc4ccccc4)cc3)c2)O[C@H]1c1ccc(CO)cc1. The van der Waals surface area contributed by atoms with Crippen LogP contribution in [0.3, 0.4) is 0 Å². The summed E-state index contributed by atoms with van der Waals surface area (Å²) in [6.45, 7) is 4.24. The first-order valence-corrected chi connectivity index (χ1v) is 15.4. The van der Waals surface area contributed by atoms with Crippen LogP contribution in [0.15, 0.2) is 103 Å². The summed E-state index contributed by atoms with van der Waals surface area (Å²) in [5, 5.41) is 25.4. The molecule has 0 aliphatic carbocycles. The lowest BCUT2D eigenvalue weighted by Gasteiger charge is -2.42. The number of likely N-dealkylation sites (tertiary alicyclic amines) is 1. The summed E-state index contributed by atoms with van der Waals surface area (Å²) in [6, 6.07) is 31.6. The molecule has 2 saturated heterocycles. The molecule has 0 aromatic heterocycles. The number of urea groups is 1. The molecule has 9 heteroatoms. The highest BCUT2D eigenvalue weighted by Gasteiger charge is 2.40. The molecule has 4 aromatic rings. The van der Waals surface area contributed by atoms with E-state index in [1.54, 1.807) is 24.3 Å². The van der Waals surface area contributed by atoms with E-state index in [4.69, 9.17) is 14.2 Å². The monoisotopic (exact) mass is 609 g/mol. The predicted molar refractivity (Wildman–Crippen MR) is 172 cm³/mol. The van der Waals surface area contributed by atoms with Crippen molar-refractivity contribution in [1.29, 1.82) is 0 Å². The molecular weight excluding hydrogens is 570 g/mol. The molecule has 4 N–H and O–H groups in total. The molecule has 4 aromatic carbocycles. The lowest BCUT2D eigenvalue weighted by molar-refractivity contribution is -0.276. The van der Waals surface area contributed by atoms with Gasteiger partial charge in [-0.15, -0.1) is 0 Å². The molecular formula is C36H39N3O6. The third kappa shape index (κ3) is 7.89. The summed E-state index contributed by atoms with van der Waals surface area (Å²) in [5.41, 5.74) is 3.86. The summed E-state index contributed by atoms with van der Waals surface area (Å²) in [7, 11) is 0. The lowest BCUT2D eigenvalue weighted by Crippen LogP contribution is -2.44. The maximum absolute atomic E-state index is 12.9. The van der Waals surface area contributed by atoms with Crippen molar-refractivity contribution in [1.82, 2.24) is 4.90 Å². The maximum Gasteiger partial charge on any atom is 0.323 e. The van der Waals surface area contributed by atoms with Crippen molar-refractivity contribution in [2.24, 2.45) is 5.92 Å². The molecule has 2 aliphatic rings. The Morgan fingerprint density at radius 2 is 1.60 bits per heavy atom. The number of carbonyl (C=O) groups is 1. The number of rotatable bonds is 9. The zero-order valence-corrected chi connectivity index (χ0v) is 25.2. The van der Waals surface area contributed by atoms with E-state index in [0.29, 0.717) is 30.2 Å². The largest absolute Gasteiger partial charge is 0.457 e. The number of benzene rings is 4. The highest BCUT2D eigenvalue weighted by atomic mass is 16.7. The molecule has 2 aliphatic heterocycles. The molecule has 45 heavy (non-hydrogen) atoms. The smallest absolute Gasteiger partial charge is 0.323 e. The third-order valence-corrected chi connectivity index (χ3v) is 8.32. The Balaban J connectivity index is 1.13. The van der Waals surface area contributed by atoms with Crippen LogP contribution in [0.2, 0.25) is 0 Å². The van der Waals surface area contributed by atoms with Crippen LogP contribution in [0.4, 0.5) is 16.2 Å². The Hall–Kier alpha value is -4.25. The fourth-order valence-corrected chi connectivity index (χ4v) is 5.85. The molecule has 6 rings (SSSR count). The van der Waals surface area contributed by atoms with Crippen molar-refractivity contribution in [2.45, 2.75) is 44.6 Å². The second-order valence-electron chi connectivity index (χ2n) is 11.7. The lowest BCUT2D eigenvalue weighted by atomic mass is 9.90. The third-order valence-electron chi connectivity index (χ3n) is 8.32. The van der Waals surface area contributed by atoms with E-state index in [0.717, 1.165) is 35.4 Å². The number of aliphatic hydroxyl groups is 2. The molecule has 0 unspecified atom stereocenters. The summed E-state index contributed by atoms with van der Waals surface area (Å²) in [6.07, 6.45) is -0.613. The van der Waals surface area contributed by atoms with Crippen LogP contribution >= 0.6 is 0 Å². The molecule has 5 atom stereocenters. The van der Waals surface area contributed by atoms with Gasteiger partial charge in [-0.2, -0.15) is 0 Å². The molecule has 0 radical (unpaired) electrons. The quantitative estimate of drug-likeness (QED) is 0.172. The fraction of sp³-hybridized carbons (Fsp3) is 0.306. The van der Waals surface area contributed by atoms with Gasteiger partial charge in [-0.05, 0) is 66.1 Å². The first-order valence-electron chi connectivity index (χ1n) is 15.4. The van der Waals surface area contributed by atoms with Crippen LogP contribution in [0, 0.1) is 5.92 Å². The van der Waals surface area contributed by atoms with Gasteiger partial charge in [0.1, 0.15) is 11.5 Å². The molecule has 2 heterocycles. The van der Waals surface area contributed by atoms with E-state index < -0.39 is 6.29 Å². The maximum atomic E-state index is 12.9. The van der Waals surface area contributed by atoms with E-state index in [-0.39, 0.29) is 36.9 Å². The van der Waals surface area contributed by atoms with Crippen molar-refractivity contribution in [3.8, 4) is 11.5 Å². The Morgan fingerprint density at radius 1 is 0.867 bits per heavy atom. The van der Waals surface area contributed by atoms with Crippen molar-refractivity contribution in [3.05, 3.63) is 120 Å². The first kappa shape index (κ1) is 30.8. The van der Waals surface area contributed by atoms with Crippen LogP contribution in [-0.4, -0.2) is 53.0 Å². The summed E-state index contributed by atoms with van der Waals surface area (Å²) in [4.78, 5) is 15.1.